The van der Waals surface area contributed by atoms with Gasteiger partial charge in [0.05, 0.1) is 6.61 Å². The Hall–Kier alpha value is -3.83. The van der Waals surface area contributed by atoms with Gasteiger partial charge < -0.3 is 14.2 Å². The number of hydrogen-bond donors (Lipinski definition) is 0. The molecule has 0 unspecified atom stereocenters. The number of likely N-dealkylation sites (tertiary alicyclic amines) is 1. The van der Waals surface area contributed by atoms with E-state index in [1.54, 1.807) is 0 Å². The Kier molecular flexibility index (Phi) is 9.25. The fourth-order valence-electron chi connectivity index (χ4n) is 5.99. The molecule has 0 bridgehead atoms. The third kappa shape index (κ3) is 7.47. The first-order valence-corrected chi connectivity index (χ1v) is 14.8. The van der Waals surface area contributed by atoms with Crippen LogP contribution in [0.4, 0.5) is 0 Å². The molecule has 5 rings (SSSR count). The molecule has 2 heterocycles. The minimum atomic E-state index is -0.182. The summed E-state index contributed by atoms with van der Waals surface area (Å²) >= 11 is 0. The molecule has 0 saturated carbocycles. The Morgan fingerprint density at radius 3 is 2.05 bits per heavy atom. The molecule has 1 aliphatic rings. The smallest absolute Gasteiger partial charge is 0.223 e. The van der Waals surface area contributed by atoms with Gasteiger partial charge in [0, 0.05) is 49.9 Å². The van der Waals surface area contributed by atoms with Crippen LogP contribution in [0, 0.1) is 19.3 Å². The first kappa shape index (κ1) is 28.7. The van der Waals surface area contributed by atoms with Crippen LogP contribution in [0.3, 0.4) is 0 Å². The molecule has 0 atom stereocenters. The Labute approximate surface area is 245 Å². The normalized spacial score (nSPS) is 15.0. The highest BCUT2D eigenvalue weighted by atomic mass is 16.5. The number of amides is 1. The van der Waals surface area contributed by atoms with Gasteiger partial charge in [-0.05, 0) is 74.7 Å². The molecule has 3 aromatic carbocycles. The third-order valence-electron chi connectivity index (χ3n) is 8.68. The summed E-state index contributed by atoms with van der Waals surface area (Å²) in [6.45, 7) is 9.38. The summed E-state index contributed by atoms with van der Waals surface area (Å²) in [6, 6.07) is 33.2. The quantitative estimate of drug-likeness (QED) is 0.205. The van der Waals surface area contributed by atoms with Gasteiger partial charge in [0.1, 0.15) is 5.75 Å². The van der Waals surface area contributed by atoms with Crippen molar-refractivity contribution in [2.45, 2.75) is 52.7 Å². The van der Waals surface area contributed by atoms with Gasteiger partial charge in [-0.1, -0.05) is 78.9 Å². The summed E-state index contributed by atoms with van der Waals surface area (Å²) in [5.41, 5.74) is 6.33. The van der Waals surface area contributed by atoms with Gasteiger partial charge in [0.15, 0.2) is 0 Å². The number of para-hydroxylation sites is 1. The van der Waals surface area contributed by atoms with Crippen LogP contribution in [0.2, 0.25) is 0 Å². The van der Waals surface area contributed by atoms with Crippen LogP contribution in [0.1, 0.15) is 47.3 Å². The van der Waals surface area contributed by atoms with Crippen molar-refractivity contribution in [1.29, 1.82) is 0 Å². The average molecular weight is 550 g/mol. The second-order valence-electron chi connectivity index (χ2n) is 11.8. The van der Waals surface area contributed by atoms with Crippen LogP contribution in [-0.2, 0) is 24.4 Å². The van der Waals surface area contributed by atoms with Gasteiger partial charge in [-0.3, -0.25) is 9.69 Å². The van der Waals surface area contributed by atoms with Crippen molar-refractivity contribution in [3.63, 3.8) is 0 Å². The second-order valence-corrected chi connectivity index (χ2v) is 11.8. The van der Waals surface area contributed by atoms with E-state index in [-0.39, 0.29) is 11.3 Å². The first-order valence-electron chi connectivity index (χ1n) is 14.8. The van der Waals surface area contributed by atoms with E-state index in [0.29, 0.717) is 19.6 Å². The molecule has 4 aromatic rings. The van der Waals surface area contributed by atoms with E-state index in [0.717, 1.165) is 50.3 Å². The molecule has 0 N–H and O–H groups in total. The number of aryl methyl sites for hydroxylation is 1. The van der Waals surface area contributed by atoms with E-state index in [9.17, 15) is 4.79 Å². The van der Waals surface area contributed by atoms with E-state index in [1.807, 2.05) is 60.5 Å². The van der Waals surface area contributed by atoms with Crippen molar-refractivity contribution in [3.8, 4) is 5.75 Å². The lowest BCUT2D eigenvalue weighted by Gasteiger charge is -2.42. The summed E-state index contributed by atoms with van der Waals surface area (Å²) in [5.74, 6) is 1.05. The fraction of sp³-hybridized carbons (Fsp3) is 0.361. The number of benzene rings is 3. The van der Waals surface area contributed by atoms with Crippen LogP contribution < -0.4 is 4.74 Å². The number of nitrogens with zero attached hydrogens (tertiary/aromatic N) is 3. The highest BCUT2D eigenvalue weighted by molar-refractivity contribution is 5.76. The largest absolute Gasteiger partial charge is 0.493 e. The molecule has 41 heavy (non-hydrogen) atoms. The summed E-state index contributed by atoms with van der Waals surface area (Å²) < 4.78 is 8.73. The maximum Gasteiger partial charge on any atom is 0.223 e. The SMILES string of the molecule is Cc1cc(CN2CCC(COc3ccccc3)(CC(=O)N(C)Cc3ccccc3)CC2)c(C)n1Cc1ccccc1. The van der Waals surface area contributed by atoms with Crippen LogP contribution >= 0.6 is 0 Å². The lowest BCUT2D eigenvalue weighted by atomic mass is 9.75. The van der Waals surface area contributed by atoms with Gasteiger partial charge in [0.25, 0.3) is 0 Å². The topological polar surface area (TPSA) is 37.7 Å². The highest BCUT2D eigenvalue weighted by Gasteiger charge is 2.38. The van der Waals surface area contributed by atoms with Gasteiger partial charge in [-0.15, -0.1) is 0 Å². The molecule has 1 amide bonds. The number of aromatic nitrogens is 1. The van der Waals surface area contributed by atoms with Gasteiger partial charge in [-0.2, -0.15) is 0 Å². The first-order chi connectivity index (χ1) is 19.9. The van der Waals surface area contributed by atoms with Crippen molar-refractivity contribution in [1.82, 2.24) is 14.4 Å². The zero-order valence-corrected chi connectivity index (χ0v) is 24.8. The number of hydrogen-bond acceptors (Lipinski definition) is 3. The minimum absolute atomic E-state index is 0.182. The van der Waals surface area contributed by atoms with Crippen molar-refractivity contribution >= 4 is 5.91 Å². The lowest BCUT2D eigenvalue weighted by molar-refractivity contribution is -0.134. The van der Waals surface area contributed by atoms with Gasteiger partial charge in [0.2, 0.25) is 5.91 Å². The summed E-state index contributed by atoms with van der Waals surface area (Å²) in [7, 11) is 1.92. The van der Waals surface area contributed by atoms with E-state index >= 15 is 0 Å². The van der Waals surface area contributed by atoms with E-state index in [1.165, 1.54) is 22.5 Å². The Bertz CT molecular complexity index is 1390. The van der Waals surface area contributed by atoms with Crippen molar-refractivity contribution in [2.75, 3.05) is 26.7 Å². The molecular formula is C36H43N3O2. The zero-order valence-electron chi connectivity index (χ0n) is 24.8. The third-order valence-corrected chi connectivity index (χ3v) is 8.68. The number of rotatable bonds is 11. The van der Waals surface area contributed by atoms with Gasteiger partial charge in [-0.25, -0.2) is 0 Å². The summed E-state index contributed by atoms with van der Waals surface area (Å²) in [4.78, 5) is 17.9. The molecule has 0 aliphatic carbocycles. The fourth-order valence-corrected chi connectivity index (χ4v) is 5.99. The molecule has 1 fully saturated rings. The van der Waals surface area contributed by atoms with Crippen molar-refractivity contribution in [2.24, 2.45) is 5.41 Å². The van der Waals surface area contributed by atoms with Crippen LogP contribution in [0.25, 0.3) is 0 Å². The molecular weight excluding hydrogens is 506 g/mol. The molecule has 1 saturated heterocycles. The zero-order chi connectivity index (χ0) is 28.7. The minimum Gasteiger partial charge on any atom is -0.493 e. The van der Waals surface area contributed by atoms with Crippen LogP contribution in [0.5, 0.6) is 5.75 Å². The number of piperidine rings is 1. The average Bonchev–Trinajstić information content (AvgIpc) is 3.26. The maximum atomic E-state index is 13.5. The van der Waals surface area contributed by atoms with Gasteiger partial charge >= 0.3 is 0 Å². The molecule has 1 aliphatic heterocycles. The molecule has 0 spiro atoms. The molecule has 5 heteroatoms. The van der Waals surface area contributed by atoms with Crippen molar-refractivity contribution < 1.29 is 9.53 Å². The molecule has 0 radical (unpaired) electrons. The van der Waals surface area contributed by atoms with E-state index < -0.39 is 0 Å². The molecule has 5 nitrogen and oxygen atoms in total. The van der Waals surface area contributed by atoms with Crippen LogP contribution in [0.15, 0.2) is 97.1 Å². The second kappa shape index (κ2) is 13.2. The number of carbonyl (C=O) groups is 1. The monoisotopic (exact) mass is 549 g/mol. The molecule has 1 aromatic heterocycles. The van der Waals surface area contributed by atoms with Crippen molar-refractivity contribution in [3.05, 3.63) is 125 Å². The summed E-state index contributed by atoms with van der Waals surface area (Å²) in [5, 5.41) is 0. The van der Waals surface area contributed by atoms with E-state index in [4.69, 9.17) is 4.74 Å². The number of carbonyl (C=O) groups excluding carboxylic acids is 1. The lowest BCUT2D eigenvalue weighted by Crippen LogP contribution is -2.45. The predicted octanol–water partition coefficient (Wildman–Crippen LogP) is 6.86. The molecule has 214 valence electrons. The highest BCUT2D eigenvalue weighted by Crippen LogP contribution is 2.37. The summed E-state index contributed by atoms with van der Waals surface area (Å²) in [6.07, 6.45) is 2.38. The predicted molar refractivity (Wildman–Crippen MR) is 166 cm³/mol. The Morgan fingerprint density at radius 1 is 0.829 bits per heavy atom. The Morgan fingerprint density at radius 2 is 1.41 bits per heavy atom. The maximum absolute atomic E-state index is 13.5. The standard InChI is InChI=1S/C36H43N3O2/c1-29-23-33(30(2)39(29)26-32-15-9-5-10-16-32)27-38-21-19-36(20-22-38,28-41-34-17-11-6-12-18-34)24-35(40)37(3)25-31-13-7-4-8-14-31/h4-18,23H,19-22,24-28H2,1-3H3. The van der Waals surface area contributed by atoms with Crippen LogP contribution in [-0.4, -0.2) is 47.0 Å². The Balaban J connectivity index is 1.24. The number of ether oxygens (including phenoxy) is 1. The van der Waals surface area contributed by atoms with E-state index in [2.05, 4.69) is 71.8 Å².